The van der Waals surface area contributed by atoms with Crippen molar-refractivity contribution in [3.05, 3.63) is 56.8 Å². The van der Waals surface area contributed by atoms with E-state index in [2.05, 4.69) is 10.9 Å². The first-order valence-corrected chi connectivity index (χ1v) is 12.4. The molecule has 0 atom stereocenters. The van der Waals surface area contributed by atoms with E-state index in [9.17, 15) is 13.2 Å². The number of sulfonamides is 1. The number of rotatable bonds is 6. The maximum Gasteiger partial charge on any atom is 0.279 e. The van der Waals surface area contributed by atoms with Crippen LogP contribution in [0, 0.1) is 12.3 Å². The van der Waals surface area contributed by atoms with Gasteiger partial charge in [-0.2, -0.15) is 9.30 Å². The number of aromatic nitrogens is 1. The molecule has 0 aliphatic heterocycles. The fraction of sp³-hybridized carbons (Fsp3) is 0.238. The molecule has 162 valence electrons. The number of terminal acetylenes is 1. The van der Waals surface area contributed by atoms with E-state index >= 15 is 0 Å². The zero-order valence-corrected chi connectivity index (χ0v) is 19.9. The lowest BCUT2D eigenvalue weighted by molar-refractivity contribution is 0.0998. The van der Waals surface area contributed by atoms with Gasteiger partial charge in [0.25, 0.3) is 5.91 Å². The molecule has 0 saturated carbocycles. The average Bonchev–Trinajstić information content (AvgIpc) is 3.09. The van der Waals surface area contributed by atoms with Gasteiger partial charge in [0.1, 0.15) is 0 Å². The van der Waals surface area contributed by atoms with Crippen molar-refractivity contribution in [2.24, 2.45) is 4.99 Å². The summed E-state index contributed by atoms with van der Waals surface area (Å²) in [5.41, 5.74) is 0.872. The Morgan fingerprint density at radius 3 is 2.39 bits per heavy atom. The number of thiazole rings is 1. The summed E-state index contributed by atoms with van der Waals surface area (Å²) in [4.78, 5) is 17.5. The highest BCUT2D eigenvalue weighted by atomic mass is 35.5. The number of halogens is 2. The topological polar surface area (TPSA) is 71.7 Å². The predicted molar refractivity (Wildman–Crippen MR) is 125 cm³/mol. The van der Waals surface area contributed by atoms with E-state index in [0.29, 0.717) is 33.5 Å². The standard InChI is InChI=1S/C21H19Cl2N3O3S2/c1-4-13-26-19-17(12-11-16(22)18(19)23)30-21(26)24-20(27)14-7-9-15(10-8-14)31(28,29)25(5-2)6-3/h1,7-12H,5-6,13H2,2-3H3. The zero-order chi connectivity index (χ0) is 22.8. The fourth-order valence-electron chi connectivity index (χ4n) is 3.06. The Morgan fingerprint density at radius 1 is 1.16 bits per heavy atom. The Hall–Kier alpha value is -2.15. The van der Waals surface area contributed by atoms with Gasteiger partial charge in [-0.3, -0.25) is 4.79 Å². The van der Waals surface area contributed by atoms with Crippen molar-refractivity contribution in [3.8, 4) is 12.3 Å². The van der Waals surface area contributed by atoms with E-state index in [4.69, 9.17) is 29.6 Å². The minimum absolute atomic E-state index is 0.124. The van der Waals surface area contributed by atoms with Crippen molar-refractivity contribution >= 4 is 60.7 Å². The first-order valence-electron chi connectivity index (χ1n) is 9.34. The molecule has 0 saturated heterocycles. The van der Waals surface area contributed by atoms with Gasteiger partial charge in [-0.25, -0.2) is 8.42 Å². The van der Waals surface area contributed by atoms with Crippen LogP contribution in [0.1, 0.15) is 24.2 Å². The molecule has 0 N–H and O–H groups in total. The van der Waals surface area contributed by atoms with Gasteiger partial charge in [0.2, 0.25) is 10.0 Å². The Labute approximate surface area is 194 Å². The lowest BCUT2D eigenvalue weighted by atomic mass is 10.2. The first-order chi connectivity index (χ1) is 14.7. The zero-order valence-electron chi connectivity index (χ0n) is 16.8. The molecule has 0 radical (unpaired) electrons. The molecule has 10 heteroatoms. The highest BCUT2D eigenvalue weighted by Crippen LogP contribution is 2.32. The highest BCUT2D eigenvalue weighted by Gasteiger charge is 2.21. The Balaban J connectivity index is 2.03. The van der Waals surface area contributed by atoms with Gasteiger partial charge in [-0.15, -0.1) is 6.42 Å². The molecule has 1 amide bonds. The van der Waals surface area contributed by atoms with Crippen LogP contribution >= 0.6 is 34.5 Å². The molecule has 0 bridgehead atoms. The molecule has 2 aromatic carbocycles. The highest BCUT2D eigenvalue weighted by molar-refractivity contribution is 7.89. The molecule has 1 heterocycles. The van der Waals surface area contributed by atoms with Crippen molar-refractivity contribution in [1.82, 2.24) is 8.87 Å². The minimum Gasteiger partial charge on any atom is -0.303 e. The predicted octanol–water partition coefficient (Wildman–Crippen LogP) is 4.41. The summed E-state index contributed by atoms with van der Waals surface area (Å²) in [5, 5.41) is 0.714. The number of fused-ring (bicyclic) bond motifs is 1. The van der Waals surface area contributed by atoms with E-state index in [0.717, 1.165) is 4.70 Å². The lowest BCUT2D eigenvalue weighted by Crippen LogP contribution is -2.30. The number of hydrogen-bond donors (Lipinski definition) is 0. The van der Waals surface area contributed by atoms with Crippen LogP contribution in [-0.2, 0) is 16.6 Å². The third-order valence-electron chi connectivity index (χ3n) is 4.63. The van der Waals surface area contributed by atoms with Crippen LogP contribution in [0.5, 0.6) is 0 Å². The van der Waals surface area contributed by atoms with Crippen LogP contribution in [0.25, 0.3) is 10.2 Å². The quantitative estimate of drug-likeness (QED) is 0.475. The van der Waals surface area contributed by atoms with E-state index in [-0.39, 0.29) is 17.0 Å². The van der Waals surface area contributed by atoms with Gasteiger partial charge in [0.05, 0.1) is 31.7 Å². The van der Waals surface area contributed by atoms with Gasteiger partial charge in [0, 0.05) is 18.7 Å². The maximum absolute atomic E-state index is 12.8. The number of amides is 1. The van der Waals surface area contributed by atoms with Crippen molar-refractivity contribution < 1.29 is 13.2 Å². The van der Waals surface area contributed by atoms with Crippen molar-refractivity contribution in [2.45, 2.75) is 25.3 Å². The lowest BCUT2D eigenvalue weighted by Gasteiger charge is -2.18. The van der Waals surface area contributed by atoms with Crippen molar-refractivity contribution in [3.63, 3.8) is 0 Å². The summed E-state index contributed by atoms with van der Waals surface area (Å²) in [7, 11) is -3.60. The van der Waals surface area contributed by atoms with Crippen molar-refractivity contribution in [1.29, 1.82) is 0 Å². The normalized spacial score (nSPS) is 12.5. The Kier molecular flexibility index (Phi) is 7.24. The van der Waals surface area contributed by atoms with Crippen LogP contribution in [0.3, 0.4) is 0 Å². The first kappa shape index (κ1) is 23.5. The third kappa shape index (κ3) is 4.56. The Bertz CT molecular complexity index is 1350. The summed E-state index contributed by atoms with van der Waals surface area (Å²) in [6.45, 7) is 4.43. The molecule has 3 aromatic rings. The number of nitrogens with zero attached hydrogens (tertiary/aromatic N) is 3. The molecule has 0 aliphatic carbocycles. The van der Waals surface area contributed by atoms with Crippen molar-refractivity contribution in [2.75, 3.05) is 13.1 Å². The molecular weight excluding hydrogens is 477 g/mol. The number of hydrogen-bond acceptors (Lipinski definition) is 4. The summed E-state index contributed by atoms with van der Waals surface area (Å²) in [6, 6.07) is 9.18. The number of benzene rings is 2. The second-order valence-corrected chi connectivity index (χ2v) is 10.1. The Morgan fingerprint density at radius 2 is 1.81 bits per heavy atom. The van der Waals surface area contributed by atoms with Crippen LogP contribution in [-0.4, -0.2) is 36.3 Å². The van der Waals surface area contributed by atoms with Crippen LogP contribution in [0.15, 0.2) is 46.3 Å². The molecule has 0 aliphatic rings. The van der Waals surface area contributed by atoms with Gasteiger partial charge >= 0.3 is 0 Å². The maximum atomic E-state index is 12.8. The molecule has 0 spiro atoms. The largest absolute Gasteiger partial charge is 0.303 e. The van der Waals surface area contributed by atoms with Crippen LogP contribution in [0.4, 0.5) is 0 Å². The van der Waals surface area contributed by atoms with Gasteiger partial charge in [-0.05, 0) is 36.4 Å². The SMILES string of the molecule is C#CCn1c(=NC(=O)c2ccc(S(=O)(=O)N(CC)CC)cc2)sc2ccc(Cl)c(Cl)c21. The van der Waals surface area contributed by atoms with Gasteiger partial charge < -0.3 is 4.57 Å². The molecule has 6 nitrogen and oxygen atoms in total. The van der Waals surface area contributed by atoms with E-state index in [1.54, 1.807) is 30.5 Å². The van der Waals surface area contributed by atoms with Gasteiger partial charge in [0.15, 0.2) is 4.80 Å². The van der Waals surface area contributed by atoms with Crippen LogP contribution in [0.2, 0.25) is 10.0 Å². The molecule has 31 heavy (non-hydrogen) atoms. The molecule has 1 aromatic heterocycles. The second kappa shape index (κ2) is 9.55. The van der Waals surface area contributed by atoms with E-state index in [1.807, 2.05) is 0 Å². The molecule has 3 rings (SSSR count). The van der Waals surface area contributed by atoms with Gasteiger partial charge in [-0.1, -0.05) is 54.3 Å². The second-order valence-electron chi connectivity index (χ2n) is 6.41. The average molecular weight is 496 g/mol. The summed E-state index contributed by atoms with van der Waals surface area (Å²) >= 11 is 13.7. The summed E-state index contributed by atoms with van der Waals surface area (Å²) in [5.74, 6) is 2.01. The summed E-state index contributed by atoms with van der Waals surface area (Å²) < 4.78 is 29.0. The fourth-order valence-corrected chi connectivity index (χ4v) is 6.03. The minimum atomic E-state index is -3.60. The third-order valence-corrected chi connectivity index (χ3v) is 8.53. The molecular formula is C21H19Cl2N3O3S2. The number of carbonyl (C=O) groups is 1. The van der Waals surface area contributed by atoms with Crippen LogP contribution < -0.4 is 4.80 Å². The smallest absolute Gasteiger partial charge is 0.279 e. The number of carbonyl (C=O) groups excluding carboxylic acids is 1. The molecule has 0 unspecified atom stereocenters. The molecule has 0 fully saturated rings. The van der Waals surface area contributed by atoms with E-state index < -0.39 is 15.9 Å². The monoisotopic (exact) mass is 495 g/mol. The summed E-state index contributed by atoms with van der Waals surface area (Å²) in [6.07, 6.45) is 5.48. The van der Waals surface area contributed by atoms with E-state index in [1.165, 1.54) is 39.9 Å².